The molecular formula is C15H21FN2O3. The second kappa shape index (κ2) is 7.26. The molecular weight excluding hydrogens is 275 g/mol. The molecule has 1 aromatic carbocycles. The number of benzene rings is 1. The summed E-state index contributed by atoms with van der Waals surface area (Å²) in [6.07, 6.45) is 1.36. The van der Waals surface area contributed by atoms with Crippen LogP contribution in [0, 0.1) is 5.82 Å². The molecule has 0 saturated carbocycles. The Kier molecular flexibility index (Phi) is 5.38. The first-order valence-corrected chi connectivity index (χ1v) is 7.23. The lowest BCUT2D eigenvalue weighted by molar-refractivity contribution is 0.0950. The number of piperidine rings is 1. The standard InChI is InChI=1S/C15H21FN2O3/c1-2-21-15(20)18-8-6-12(7-9-18)17-10-11-4-3-5-13(16)14(11)19/h3-5,12,17,19H,2,6-10H2,1H3. The van der Waals surface area contributed by atoms with E-state index in [1.165, 1.54) is 6.07 Å². The number of rotatable bonds is 4. The predicted octanol–water partition coefficient (Wildman–Crippen LogP) is 2.24. The highest BCUT2D eigenvalue weighted by Gasteiger charge is 2.23. The van der Waals surface area contributed by atoms with Gasteiger partial charge in [0.05, 0.1) is 6.61 Å². The lowest BCUT2D eigenvalue weighted by Crippen LogP contribution is -2.44. The maximum Gasteiger partial charge on any atom is 0.409 e. The van der Waals surface area contributed by atoms with Crippen LogP contribution in [-0.2, 0) is 11.3 Å². The summed E-state index contributed by atoms with van der Waals surface area (Å²) < 4.78 is 18.2. The topological polar surface area (TPSA) is 61.8 Å². The number of amides is 1. The summed E-state index contributed by atoms with van der Waals surface area (Å²) in [7, 11) is 0. The van der Waals surface area contributed by atoms with Crippen LogP contribution in [0.2, 0.25) is 0 Å². The summed E-state index contributed by atoms with van der Waals surface area (Å²) in [6, 6.07) is 4.75. The van der Waals surface area contributed by atoms with E-state index in [1.54, 1.807) is 24.0 Å². The molecule has 0 spiro atoms. The quantitative estimate of drug-likeness (QED) is 0.894. The summed E-state index contributed by atoms with van der Waals surface area (Å²) in [6.45, 7) is 3.87. The molecule has 6 heteroatoms. The van der Waals surface area contributed by atoms with E-state index in [0.29, 0.717) is 31.8 Å². The Morgan fingerprint density at radius 1 is 1.48 bits per heavy atom. The first kappa shape index (κ1) is 15.6. The maximum absolute atomic E-state index is 13.2. The van der Waals surface area contributed by atoms with E-state index in [9.17, 15) is 14.3 Å². The van der Waals surface area contributed by atoms with Crippen LogP contribution in [0.1, 0.15) is 25.3 Å². The van der Waals surface area contributed by atoms with Crippen LogP contribution in [0.3, 0.4) is 0 Å². The lowest BCUT2D eigenvalue weighted by atomic mass is 10.0. The van der Waals surface area contributed by atoms with Gasteiger partial charge in [-0.2, -0.15) is 0 Å². The minimum Gasteiger partial charge on any atom is -0.505 e. The van der Waals surface area contributed by atoms with Gasteiger partial charge in [-0.05, 0) is 25.8 Å². The average Bonchev–Trinajstić information content (AvgIpc) is 2.49. The molecule has 1 heterocycles. The summed E-state index contributed by atoms with van der Waals surface area (Å²) in [5.41, 5.74) is 0.544. The van der Waals surface area contributed by atoms with E-state index >= 15 is 0 Å². The Bertz CT molecular complexity index is 488. The molecule has 1 fully saturated rings. The third kappa shape index (κ3) is 4.07. The zero-order valence-corrected chi connectivity index (χ0v) is 12.1. The zero-order valence-electron chi connectivity index (χ0n) is 12.1. The molecule has 0 bridgehead atoms. The monoisotopic (exact) mass is 296 g/mol. The Hall–Kier alpha value is -1.82. The van der Waals surface area contributed by atoms with E-state index in [1.807, 2.05) is 0 Å². The number of carbonyl (C=O) groups excluding carboxylic acids is 1. The summed E-state index contributed by atoms with van der Waals surface area (Å²) in [5.74, 6) is -0.902. The molecule has 0 aromatic heterocycles. The molecule has 1 aliphatic heterocycles. The molecule has 116 valence electrons. The molecule has 0 atom stereocenters. The minimum atomic E-state index is -0.605. The Morgan fingerprint density at radius 2 is 2.19 bits per heavy atom. The number of hydrogen-bond donors (Lipinski definition) is 2. The molecule has 0 unspecified atom stereocenters. The SMILES string of the molecule is CCOC(=O)N1CCC(NCc2cccc(F)c2O)CC1. The number of carbonyl (C=O) groups is 1. The number of ether oxygens (including phenoxy) is 1. The van der Waals surface area contributed by atoms with Crippen molar-refractivity contribution in [3.8, 4) is 5.75 Å². The van der Waals surface area contributed by atoms with Crippen LogP contribution < -0.4 is 5.32 Å². The molecule has 0 aliphatic carbocycles. The van der Waals surface area contributed by atoms with Gasteiger partial charge < -0.3 is 20.1 Å². The van der Waals surface area contributed by atoms with Gasteiger partial charge >= 0.3 is 6.09 Å². The number of nitrogens with zero attached hydrogens (tertiary/aromatic N) is 1. The van der Waals surface area contributed by atoms with Crippen molar-refractivity contribution in [1.29, 1.82) is 0 Å². The van der Waals surface area contributed by atoms with Gasteiger partial charge in [0, 0.05) is 31.2 Å². The smallest absolute Gasteiger partial charge is 0.409 e. The number of halogens is 1. The number of hydrogen-bond acceptors (Lipinski definition) is 4. The second-order valence-corrected chi connectivity index (χ2v) is 5.09. The Labute approximate surface area is 123 Å². The molecule has 5 nitrogen and oxygen atoms in total. The third-order valence-corrected chi connectivity index (χ3v) is 3.67. The van der Waals surface area contributed by atoms with E-state index in [0.717, 1.165) is 12.8 Å². The normalized spacial score (nSPS) is 16.0. The van der Waals surface area contributed by atoms with Gasteiger partial charge in [0.2, 0.25) is 0 Å². The van der Waals surface area contributed by atoms with Gasteiger partial charge in [-0.15, -0.1) is 0 Å². The number of aromatic hydroxyl groups is 1. The molecule has 1 aromatic rings. The number of para-hydroxylation sites is 1. The fourth-order valence-electron chi connectivity index (χ4n) is 2.44. The van der Waals surface area contributed by atoms with Crippen LogP contribution >= 0.6 is 0 Å². The lowest BCUT2D eigenvalue weighted by Gasteiger charge is -2.31. The van der Waals surface area contributed by atoms with E-state index in [2.05, 4.69) is 5.32 Å². The van der Waals surface area contributed by atoms with Crippen LogP contribution in [-0.4, -0.2) is 41.8 Å². The van der Waals surface area contributed by atoms with Gasteiger partial charge in [-0.25, -0.2) is 9.18 Å². The minimum absolute atomic E-state index is 0.248. The van der Waals surface area contributed by atoms with Crippen LogP contribution in [0.25, 0.3) is 0 Å². The molecule has 1 amide bonds. The van der Waals surface area contributed by atoms with Crippen molar-refractivity contribution < 1.29 is 19.0 Å². The maximum atomic E-state index is 13.2. The highest BCUT2D eigenvalue weighted by Crippen LogP contribution is 2.21. The molecule has 2 rings (SSSR count). The molecule has 1 saturated heterocycles. The molecule has 21 heavy (non-hydrogen) atoms. The molecule has 2 N–H and O–H groups in total. The zero-order chi connectivity index (χ0) is 15.2. The van der Waals surface area contributed by atoms with Crippen molar-refractivity contribution in [2.45, 2.75) is 32.4 Å². The van der Waals surface area contributed by atoms with Crippen LogP contribution in [0.15, 0.2) is 18.2 Å². The molecule has 1 aliphatic rings. The summed E-state index contributed by atoms with van der Waals surface area (Å²) >= 11 is 0. The van der Waals surface area contributed by atoms with Gasteiger partial charge in [0.1, 0.15) is 0 Å². The molecule has 0 radical (unpaired) electrons. The van der Waals surface area contributed by atoms with Crippen molar-refractivity contribution in [3.05, 3.63) is 29.6 Å². The first-order chi connectivity index (χ1) is 10.1. The van der Waals surface area contributed by atoms with Crippen molar-refractivity contribution in [2.24, 2.45) is 0 Å². The van der Waals surface area contributed by atoms with Gasteiger partial charge in [-0.3, -0.25) is 0 Å². The number of likely N-dealkylation sites (tertiary alicyclic amines) is 1. The second-order valence-electron chi connectivity index (χ2n) is 5.09. The highest BCUT2D eigenvalue weighted by atomic mass is 19.1. The first-order valence-electron chi connectivity index (χ1n) is 7.23. The Morgan fingerprint density at radius 3 is 2.86 bits per heavy atom. The largest absolute Gasteiger partial charge is 0.505 e. The summed E-state index contributed by atoms with van der Waals surface area (Å²) in [5, 5.41) is 12.9. The van der Waals surface area contributed by atoms with Crippen molar-refractivity contribution >= 4 is 6.09 Å². The van der Waals surface area contributed by atoms with E-state index in [4.69, 9.17) is 4.74 Å². The highest BCUT2D eigenvalue weighted by molar-refractivity contribution is 5.67. The van der Waals surface area contributed by atoms with Crippen LogP contribution in [0.5, 0.6) is 5.75 Å². The van der Waals surface area contributed by atoms with Gasteiger partial charge in [0.15, 0.2) is 11.6 Å². The Balaban J connectivity index is 1.79. The third-order valence-electron chi connectivity index (χ3n) is 3.67. The number of phenols is 1. The number of nitrogens with one attached hydrogen (secondary N) is 1. The van der Waals surface area contributed by atoms with E-state index < -0.39 is 5.82 Å². The van der Waals surface area contributed by atoms with Gasteiger partial charge in [-0.1, -0.05) is 12.1 Å². The van der Waals surface area contributed by atoms with Crippen molar-refractivity contribution in [1.82, 2.24) is 10.2 Å². The van der Waals surface area contributed by atoms with Crippen molar-refractivity contribution in [3.63, 3.8) is 0 Å². The van der Waals surface area contributed by atoms with Gasteiger partial charge in [0.25, 0.3) is 0 Å². The van der Waals surface area contributed by atoms with E-state index in [-0.39, 0.29) is 17.9 Å². The summed E-state index contributed by atoms with van der Waals surface area (Å²) in [4.78, 5) is 13.3. The predicted molar refractivity (Wildman–Crippen MR) is 76.5 cm³/mol. The van der Waals surface area contributed by atoms with Crippen LogP contribution in [0.4, 0.5) is 9.18 Å². The number of phenolic OH excluding ortho intramolecular Hbond substituents is 1. The van der Waals surface area contributed by atoms with Crippen molar-refractivity contribution in [2.75, 3.05) is 19.7 Å². The fraction of sp³-hybridized carbons (Fsp3) is 0.533. The average molecular weight is 296 g/mol. The fourth-order valence-corrected chi connectivity index (χ4v) is 2.44.